The van der Waals surface area contributed by atoms with Gasteiger partial charge in [-0.1, -0.05) is 12.1 Å². The molecule has 0 amide bonds. The summed E-state index contributed by atoms with van der Waals surface area (Å²) >= 11 is 0. The van der Waals surface area contributed by atoms with E-state index in [1.807, 2.05) is 0 Å². The number of hydrogen-bond donors (Lipinski definition) is 1. The molecule has 104 valence electrons. The van der Waals surface area contributed by atoms with E-state index >= 15 is 0 Å². The summed E-state index contributed by atoms with van der Waals surface area (Å²) in [6.07, 6.45) is 0. The maximum atomic E-state index is 11.8. The molecule has 1 atom stereocenters. The maximum Gasteiger partial charge on any atom is 0.342 e. The molecule has 6 heteroatoms. The van der Waals surface area contributed by atoms with Gasteiger partial charge in [0.2, 0.25) is 0 Å². The fourth-order valence-corrected chi connectivity index (χ4v) is 1.52. The number of carbonyl (C=O) groups is 2. The van der Waals surface area contributed by atoms with Crippen molar-refractivity contribution in [1.29, 1.82) is 10.7 Å². The third-order valence-corrected chi connectivity index (χ3v) is 2.56. The van der Waals surface area contributed by atoms with Gasteiger partial charge in [0.15, 0.2) is 12.4 Å². The van der Waals surface area contributed by atoms with Gasteiger partial charge < -0.3 is 14.9 Å². The number of ether oxygens (including phenoxy) is 2. The van der Waals surface area contributed by atoms with Crippen LogP contribution in [0.4, 0.5) is 0 Å². The molecule has 1 aromatic rings. The Morgan fingerprint density at radius 2 is 2.05 bits per heavy atom. The molecular weight excluding hydrogens is 260 g/mol. The zero-order chi connectivity index (χ0) is 15.1. The lowest BCUT2D eigenvalue weighted by Crippen LogP contribution is -2.25. The van der Waals surface area contributed by atoms with Crippen LogP contribution >= 0.6 is 0 Å². The molecule has 6 nitrogen and oxygen atoms in total. The molecule has 0 aliphatic heterocycles. The molecule has 0 fully saturated rings. The van der Waals surface area contributed by atoms with E-state index in [0.29, 0.717) is 5.75 Å². The van der Waals surface area contributed by atoms with Crippen LogP contribution in [0.3, 0.4) is 0 Å². The van der Waals surface area contributed by atoms with Crippen LogP contribution in [0.2, 0.25) is 0 Å². The second-order valence-electron chi connectivity index (χ2n) is 3.99. The molecule has 1 N–H and O–H groups in total. The number of carbonyl (C=O) groups excluding carboxylic acids is 2. The Bertz CT molecular complexity index is 575. The molecule has 20 heavy (non-hydrogen) atoms. The molecular formula is C14H14N2O4. The molecule has 0 aliphatic carbocycles. The lowest BCUT2D eigenvalue weighted by Gasteiger charge is -2.09. The first-order valence-electron chi connectivity index (χ1n) is 5.78. The molecule has 0 bridgehead atoms. The van der Waals surface area contributed by atoms with E-state index in [2.05, 4.69) is 0 Å². The van der Waals surface area contributed by atoms with Crippen LogP contribution in [-0.2, 0) is 9.53 Å². The lowest BCUT2D eigenvalue weighted by atomic mass is 10.0. The van der Waals surface area contributed by atoms with Crippen molar-refractivity contribution in [2.75, 3.05) is 13.7 Å². The number of Topliss-reactive ketones (excluding diaryl/α,β-unsaturated/α-hetero) is 1. The number of nitrogens with one attached hydrogen (secondary N) is 1. The highest BCUT2D eigenvalue weighted by atomic mass is 16.5. The number of para-hydroxylation sites is 1. The first-order chi connectivity index (χ1) is 9.51. The predicted molar refractivity (Wildman–Crippen MR) is 70.8 cm³/mol. The smallest absolute Gasteiger partial charge is 0.342 e. The number of rotatable bonds is 6. The molecule has 1 aromatic carbocycles. The van der Waals surface area contributed by atoms with Gasteiger partial charge in [-0.05, 0) is 19.1 Å². The van der Waals surface area contributed by atoms with Gasteiger partial charge in [0, 0.05) is 5.71 Å². The van der Waals surface area contributed by atoms with Gasteiger partial charge in [0.25, 0.3) is 0 Å². The van der Waals surface area contributed by atoms with E-state index in [9.17, 15) is 9.59 Å². The molecule has 0 aromatic heterocycles. The minimum atomic E-state index is -1.18. The van der Waals surface area contributed by atoms with Crippen LogP contribution < -0.4 is 4.74 Å². The van der Waals surface area contributed by atoms with E-state index in [-0.39, 0.29) is 11.3 Å². The number of hydrogen-bond acceptors (Lipinski definition) is 6. The zero-order valence-corrected chi connectivity index (χ0v) is 11.2. The normalized spacial score (nSPS) is 11.1. The minimum absolute atomic E-state index is 0.0779. The molecule has 1 rings (SSSR count). The van der Waals surface area contributed by atoms with Crippen LogP contribution in [0.1, 0.15) is 17.3 Å². The third kappa shape index (κ3) is 3.65. The standard InChI is InChI=1S/C14H14N2O4/c1-9(16)11(7-15)12(17)8-20-14(18)10-5-3-4-6-13(10)19-2/h3-6,11,16H,8H2,1-2H3. The van der Waals surface area contributed by atoms with Crippen molar-refractivity contribution in [2.24, 2.45) is 5.92 Å². The average molecular weight is 274 g/mol. The van der Waals surface area contributed by atoms with Crippen LogP contribution in [-0.4, -0.2) is 31.2 Å². The quantitative estimate of drug-likeness (QED) is 0.627. The Kier molecular flexibility index (Phi) is 5.42. The summed E-state index contributed by atoms with van der Waals surface area (Å²) in [5, 5.41) is 16.1. The molecule has 0 aliphatic rings. The molecule has 0 radical (unpaired) electrons. The summed E-state index contributed by atoms with van der Waals surface area (Å²) in [7, 11) is 1.42. The van der Waals surface area contributed by atoms with Crippen molar-refractivity contribution >= 4 is 17.5 Å². The minimum Gasteiger partial charge on any atom is -0.496 e. The van der Waals surface area contributed by atoms with Crippen molar-refractivity contribution in [3.8, 4) is 11.8 Å². The van der Waals surface area contributed by atoms with Crippen molar-refractivity contribution in [1.82, 2.24) is 0 Å². The van der Waals surface area contributed by atoms with Crippen molar-refractivity contribution in [2.45, 2.75) is 6.92 Å². The highest BCUT2D eigenvalue weighted by molar-refractivity contribution is 6.06. The number of methoxy groups -OCH3 is 1. The van der Waals surface area contributed by atoms with E-state index in [1.54, 1.807) is 24.3 Å². The van der Waals surface area contributed by atoms with Crippen molar-refractivity contribution in [3.05, 3.63) is 29.8 Å². The largest absolute Gasteiger partial charge is 0.496 e. The van der Waals surface area contributed by atoms with Crippen LogP contribution in [0.5, 0.6) is 5.75 Å². The monoisotopic (exact) mass is 274 g/mol. The summed E-state index contributed by atoms with van der Waals surface area (Å²) in [5.41, 5.74) is 0.119. The van der Waals surface area contributed by atoms with Gasteiger partial charge in [-0.3, -0.25) is 4.79 Å². The Morgan fingerprint density at radius 1 is 1.40 bits per heavy atom. The van der Waals surface area contributed by atoms with E-state index in [1.165, 1.54) is 20.1 Å². The maximum absolute atomic E-state index is 11.8. The van der Waals surface area contributed by atoms with Crippen molar-refractivity contribution in [3.63, 3.8) is 0 Å². The molecule has 0 saturated heterocycles. The first kappa shape index (κ1) is 15.4. The van der Waals surface area contributed by atoms with Gasteiger partial charge in [-0.25, -0.2) is 4.79 Å². The highest BCUT2D eigenvalue weighted by Gasteiger charge is 2.22. The fourth-order valence-electron chi connectivity index (χ4n) is 1.52. The third-order valence-electron chi connectivity index (χ3n) is 2.56. The SMILES string of the molecule is COc1ccccc1C(=O)OCC(=O)C(C#N)C(C)=N. The lowest BCUT2D eigenvalue weighted by molar-refractivity contribution is -0.122. The summed E-state index contributed by atoms with van der Waals surface area (Å²) < 4.78 is 9.86. The van der Waals surface area contributed by atoms with E-state index in [0.717, 1.165) is 0 Å². The molecule has 0 spiro atoms. The number of nitriles is 1. The number of benzene rings is 1. The Morgan fingerprint density at radius 3 is 2.60 bits per heavy atom. The van der Waals surface area contributed by atoms with Gasteiger partial charge in [0.05, 0.1) is 13.2 Å². The average Bonchev–Trinajstić information content (AvgIpc) is 2.45. The number of esters is 1. The van der Waals surface area contributed by atoms with Crippen LogP contribution in [0.15, 0.2) is 24.3 Å². The van der Waals surface area contributed by atoms with Gasteiger partial charge in [-0.2, -0.15) is 5.26 Å². The highest BCUT2D eigenvalue weighted by Crippen LogP contribution is 2.18. The second-order valence-corrected chi connectivity index (χ2v) is 3.99. The van der Waals surface area contributed by atoms with E-state index in [4.69, 9.17) is 20.1 Å². The Hall–Kier alpha value is -2.68. The molecule has 0 heterocycles. The zero-order valence-electron chi connectivity index (χ0n) is 11.2. The summed E-state index contributed by atoms with van der Waals surface area (Å²) in [4.78, 5) is 23.5. The van der Waals surface area contributed by atoms with Crippen LogP contribution in [0.25, 0.3) is 0 Å². The van der Waals surface area contributed by atoms with Gasteiger partial charge in [-0.15, -0.1) is 0 Å². The molecule has 1 unspecified atom stereocenters. The Labute approximate surface area is 116 Å². The topological polar surface area (TPSA) is 100 Å². The van der Waals surface area contributed by atoms with Gasteiger partial charge in [0.1, 0.15) is 17.2 Å². The second kappa shape index (κ2) is 7.04. The summed E-state index contributed by atoms with van der Waals surface area (Å²) in [6, 6.07) is 8.14. The predicted octanol–water partition coefficient (Wildman–Crippen LogP) is 1.60. The summed E-state index contributed by atoms with van der Waals surface area (Å²) in [6.45, 7) is 0.805. The van der Waals surface area contributed by atoms with Crippen molar-refractivity contribution < 1.29 is 19.1 Å². The summed E-state index contributed by atoms with van der Waals surface area (Å²) in [5.74, 6) is -2.18. The van der Waals surface area contributed by atoms with E-state index < -0.39 is 24.3 Å². The number of ketones is 1. The Balaban J connectivity index is 2.71. The number of nitrogens with zero attached hydrogens (tertiary/aromatic N) is 1. The first-order valence-corrected chi connectivity index (χ1v) is 5.78. The fraction of sp³-hybridized carbons (Fsp3) is 0.286. The van der Waals surface area contributed by atoms with Gasteiger partial charge >= 0.3 is 5.97 Å². The molecule has 0 saturated carbocycles. The van der Waals surface area contributed by atoms with Crippen LogP contribution in [0, 0.1) is 22.7 Å².